The highest BCUT2D eigenvalue weighted by molar-refractivity contribution is 5.94. The largest absolute Gasteiger partial charge is 0.323 e. The van der Waals surface area contributed by atoms with Crippen molar-refractivity contribution in [2.45, 2.75) is 19.9 Å². The molecule has 1 amide bonds. The topological polar surface area (TPSA) is 68.0 Å². The molecule has 0 saturated carbocycles. The molecule has 1 aromatic rings. The smallest absolute Gasteiger partial charge is 0.241 e. The van der Waals surface area contributed by atoms with E-state index in [2.05, 4.69) is 10.3 Å². The van der Waals surface area contributed by atoms with Crippen LogP contribution in [0.5, 0.6) is 0 Å². The number of amides is 1. The van der Waals surface area contributed by atoms with Crippen LogP contribution in [0, 0.1) is 6.92 Å². The average molecular weight is 216 g/mol. The second kappa shape index (κ2) is 5.57. The SMILES string of the molecule is Cc1ncccc1NC(=O)C(C)N.Cl. The van der Waals surface area contributed by atoms with Gasteiger partial charge in [-0.3, -0.25) is 9.78 Å². The second-order valence-electron chi connectivity index (χ2n) is 2.91. The first-order valence-electron chi connectivity index (χ1n) is 4.09. The lowest BCUT2D eigenvalue weighted by Gasteiger charge is -2.08. The van der Waals surface area contributed by atoms with E-state index in [1.165, 1.54) is 0 Å². The number of hydrogen-bond donors (Lipinski definition) is 2. The van der Waals surface area contributed by atoms with E-state index in [4.69, 9.17) is 5.73 Å². The summed E-state index contributed by atoms with van der Waals surface area (Å²) in [5.74, 6) is -0.198. The Hall–Kier alpha value is -1.13. The van der Waals surface area contributed by atoms with Crippen molar-refractivity contribution in [3.8, 4) is 0 Å². The Kier molecular flexibility index (Phi) is 5.12. The monoisotopic (exact) mass is 215 g/mol. The summed E-state index contributed by atoms with van der Waals surface area (Å²) in [5, 5.41) is 2.68. The van der Waals surface area contributed by atoms with Gasteiger partial charge in [-0.15, -0.1) is 12.4 Å². The van der Waals surface area contributed by atoms with Crippen LogP contribution in [0.1, 0.15) is 12.6 Å². The van der Waals surface area contributed by atoms with Crippen LogP contribution in [0.3, 0.4) is 0 Å². The molecule has 78 valence electrons. The summed E-state index contributed by atoms with van der Waals surface area (Å²) in [6.45, 7) is 3.47. The zero-order valence-corrected chi connectivity index (χ0v) is 8.97. The highest BCUT2D eigenvalue weighted by atomic mass is 35.5. The molecule has 0 aromatic carbocycles. The first-order chi connectivity index (χ1) is 6.11. The summed E-state index contributed by atoms with van der Waals surface area (Å²) >= 11 is 0. The maximum atomic E-state index is 11.2. The summed E-state index contributed by atoms with van der Waals surface area (Å²) in [6.07, 6.45) is 1.68. The minimum absolute atomic E-state index is 0. The van der Waals surface area contributed by atoms with Crippen LogP contribution in [-0.4, -0.2) is 16.9 Å². The number of anilines is 1. The van der Waals surface area contributed by atoms with Crippen molar-refractivity contribution in [2.75, 3.05) is 5.32 Å². The van der Waals surface area contributed by atoms with Gasteiger partial charge in [0.2, 0.25) is 5.91 Å². The van der Waals surface area contributed by atoms with Gasteiger partial charge in [-0.05, 0) is 26.0 Å². The van der Waals surface area contributed by atoms with Crippen LogP contribution in [0.2, 0.25) is 0 Å². The van der Waals surface area contributed by atoms with E-state index in [-0.39, 0.29) is 18.3 Å². The molecule has 0 radical (unpaired) electrons. The number of nitrogens with zero attached hydrogens (tertiary/aromatic N) is 1. The van der Waals surface area contributed by atoms with Crippen molar-refractivity contribution >= 4 is 24.0 Å². The number of aromatic nitrogens is 1. The number of halogens is 1. The molecule has 0 fully saturated rings. The van der Waals surface area contributed by atoms with Crippen molar-refractivity contribution in [2.24, 2.45) is 5.73 Å². The lowest BCUT2D eigenvalue weighted by atomic mass is 10.3. The molecule has 4 nitrogen and oxygen atoms in total. The molecule has 0 aliphatic rings. The highest BCUT2D eigenvalue weighted by Gasteiger charge is 2.08. The van der Waals surface area contributed by atoms with Crippen molar-refractivity contribution in [3.63, 3.8) is 0 Å². The fraction of sp³-hybridized carbons (Fsp3) is 0.333. The van der Waals surface area contributed by atoms with E-state index >= 15 is 0 Å². The lowest BCUT2D eigenvalue weighted by molar-refractivity contribution is -0.117. The Morgan fingerprint density at radius 1 is 1.64 bits per heavy atom. The van der Waals surface area contributed by atoms with Gasteiger partial charge < -0.3 is 11.1 Å². The third-order valence-corrected chi connectivity index (χ3v) is 1.68. The van der Waals surface area contributed by atoms with E-state index in [9.17, 15) is 4.79 Å². The van der Waals surface area contributed by atoms with Crippen LogP contribution >= 0.6 is 12.4 Å². The number of rotatable bonds is 2. The van der Waals surface area contributed by atoms with Crippen molar-refractivity contribution in [3.05, 3.63) is 24.0 Å². The third-order valence-electron chi connectivity index (χ3n) is 1.68. The molecule has 0 bridgehead atoms. The summed E-state index contributed by atoms with van der Waals surface area (Å²) in [4.78, 5) is 15.2. The summed E-state index contributed by atoms with van der Waals surface area (Å²) in [7, 11) is 0. The van der Waals surface area contributed by atoms with Crippen LogP contribution in [0.4, 0.5) is 5.69 Å². The molecule has 1 rings (SSSR count). The number of pyridine rings is 1. The maximum Gasteiger partial charge on any atom is 0.241 e. The molecular formula is C9H14ClN3O. The number of hydrogen-bond acceptors (Lipinski definition) is 3. The van der Waals surface area contributed by atoms with Gasteiger partial charge in [0.05, 0.1) is 17.4 Å². The van der Waals surface area contributed by atoms with E-state index in [0.717, 1.165) is 5.69 Å². The van der Waals surface area contributed by atoms with Gasteiger partial charge in [-0.1, -0.05) is 0 Å². The van der Waals surface area contributed by atoms with Gasteiger partial charge in [0.15, 0.2) is 0 Å². The number of nitrogens with two attached hydrogens (primary N) is 1. The van der Waals surface area contributed by atoms with Crippen molar-refractivity contribution in [1.82, 2.24) is 4.98 Å². The molecule has 0 aliphatic heterocycles. The standard InChI is InChI=1S/C9H13N3O.ClH/c1-6(10)9(13)12-8-4-3-5-11-7(8)2;/h3-6H,10H2,1-2H3,(H,12,13);1H. The molecule has 3 N–H and O–H groups in total. The molecule has 0 spiro atoms. The van der Waals surface area contributed by atoms with Crippen LogP contribution in [0.25, 0.3) is 0 Å². The predicted octanol–water partition coefficient (Wildman–Crippen LogP) is 1.10. The molecule has 0 aliphatic carbocycles. The zero-order valence-electron chi connectivity index (χ0n) is 8.15. The van der Waals surface area contributed by atoms with E-state index in [1.807, 2.05) is 6.92 Å². The third kappa shape index (κ3) is 3.32. The first-order valence-corrected chi connectivity index (χ1v) is 4.09. The van der Waals surface area contributed by atoms with Crippen LogP contribution < -0.4 is 11.1 Å². The number of carbonyl (C=O) groups is 1. The Bertz CT molecular complexity index is 315. The lowest BCUT2D eigenvalue weighted by Crippen LogP contribution is -2.32. The number of nitrogens with one attached hydrogen (secondary N) is 1. The molecule has 0 saturated heterocycles. The quantitative estimate of drug-likeness (QED) is 0.776. The van der Waals surface area contributed by atoms with Crippen LogP contribution in [-0.2, 0) is 4.79 Å². The van der Waals surface area contributed by atoms with Gasteiger partial charge >= 0.3 is 0 Å². The zero-order chi connectivity index (χ0) is 9.84. The molecule has 1 heterocycles. The minimum atomic E-state index is -0.500. The Morgan fingerprint density at radius 2 is 2.29 bits per heavy atom. The Labute approximate surface area is 89.3 Å². The van der Waals surface area contributed by atoms with E-state index in [1.54, 1.807) is 25.3 Å². The Balaban J connectivity index is 0.00000169. The van der Waals surface area contributed by atoms with Gasteiger partial charge in [-0.25, -0.2) is 0 Å². The first kappa shape index (κ1) is 12.9. The van der Waals surface area contributed by atoms with Crippen molar-refractivity contribution in [1.29, 1.82) is 0 Å². The van der Waals surface area contributed by atoms with Crippen LogP contribution in [0.15, 0.2) is 18.3 Å². The predicted molar refractivity (Wildman–Crippen MR) is 58.5 cm³/mol. The maximum absolute atomic E-state index is 11.2. The molecule has 1 aromatic heterocycles. The summed E-state index contributed by atoms with van der Waals surface area (Å²) in [5.41, 5.74) is 6.90. The molecule has 1 unspecified atom stereocenters. The normalized spacial score (nSPS) is 11.4. The second-order valence-corrected chi connectivity index (χ2v) is 2.91. The van der Waals surface area contributed by atoms with Crippen molar-refractivity contribution < 1.29 is 4.79 Å². The molecule has 14 heavy (non-hydrogen) atoms. The van der Waals surface area contributed by atoms with Gasteiger partial charge in [-0.2, -0.15) is 0 Å². The fourth-order valence-electron chi connectivity index (χ4n) is 0.863. The van der Waals surface area contributed by atoms with Gasteiger partial charge in [0.1, 0.15) is 0 Å². The average Bonchev–Trinajstić information content (AvgIpc) is 2.08. The summed E-state index contributed by atoms with van der Waals surface area (Å²) < 4.78 is 0. The van der Waals surface area contributed by atoms with E-state index in [0.29, 0.717) is 5.69 Å². The highest BCUT2D eigenvalue weighted by Crippen LogP contribution is 2.09. The van der Waals surface area contributed by atoms with Gasteiger partial charge in [0.25, 0.3) is 0 Å². The summed E-state index contributed by atoms with van der Waals surface area (Å²) in [6, 6.07) is 3.06. The fourth-order valence-corrected chi connectivity index (χ4v) is 0.863. The minimum Gasteiger partial charge on any atom is -0.323 e. The molecule has 5 heteroatoms. The number of aryl methyl sites for hydroxylation is 1. The molecular weight excluding hydrogens is 202 g/mol. The Morgan fingerprint density at radius 3 is 2.79 bits per heavy atom. The van der Waals surface area contributed by atoms with E-state index < -0.39 is 6.04 Å². The molecule has 1 atom stereocenters. The van der Waals surface area contributed by atoms with Gasteiger partial charge in [0, 0.05) is 6.20 Å². The number of carbonyl (C=O) groups excluding carboxylic acids is 1.